The number of anilines is 1. The molecule has 162 valence electrons. The zero-order valence-corrected chi connectivity index (χ0v) is 19.4. The Morgan fingerprint density at radius 2 is 1.97 bits per heavy atom. The SMILES string of the molecule is CCOC(=O)c1cccc(NC(=O)Cn2cnc3scc(-c4ccc(Br)cc4)c3c2=O)c1. The van der Waals surface area contributed by atoms with E-state index in [-0.39, 0.29) is 18.7 Å². The van der Waals surface area contributed by atoms with Crippen molar-refractivity contribution in [1.29, 1.82) is 0 Å². The molecule has 0 spiro atoms. The number of fused-ring (bicyclic) bond motifs is 1. The zero-order valence-electron chi connectivity index (χ0n) is 17.0. The minimum Gasteiger partial charge on any atom is -0.462 e. The van der Waals surface area contributed by atoms with Crippen molar-refractivity contribution in [3.8, 4) is 11.1 Å². The first-order valence-corrected chi connectivity index (χ1v) is 11.4. The number of halogens is 1. The van der Waals surface area contributed by atoms with Gasteiger partial charge in [-0.15, -0.1) is 11.3 Å². The van der Waals surface area contributed by atoms with Gasteiger partial charge in [-0.05, 0) is 42.8 Å². The Morgan fingerprint density at radius 1 is 1.19 bits per heavy atom. The molecule has 0 atom stereocenters. The van der Waals surface area contributed by atoms with Crippen molar-refractivity contribution in [1.82, 2.24) is 9.55 Å². The number of nitrogens with one attached hydrogen (secondary N) is 1. The molecule has 2 heterocycles. The van der Waals surface area contributed by atoms with E-state index in [2.05, 4.69) is 26.2 Å². The average Bonchev–Trinajstić information content (AvgIpc) is 3.21. The molecule has 7 nitrogen and oxygen atoms in total. The van der Waals surface area contributed by atoms with Crippen LogP contribution in [-0.2, 0) is 16.1 Å². The van der Waals surface area contributed by atoms with Gasteiger partial charge in [0.1, 0.15) is 11.4 Å². The number of amides is 1. The number of carbonyl (C=O) groups is 2. The number of aromatic nitrogens is 2. The number of thiophene rings is 1. The Balaban J connectivity index is 1.58. The second-order valence-corrected chi connectivity index (χ2v) is 8.64. The lowest BCUT2D eigenvalue weighted by molar-refractivity contribution is -0.116. The van der Waals surface area contributed by atoms with Gasteiger partial charge in [0.15, 0.2) is 0 Å². The molecule has 1 amide bonds. The minimum atomic E-state index is -0.465. The van der Waals surface area contributed by atoms with Crippen molar-refractivity contribution >= 4 is 55.0 Å². The molecule has 32 heavy (non-hydrogen) atoms. The molecule has 2 aromatic heterocycles. The Labute approximate surface area is 195 Å². The van der Waals surface area contributed by atoms with Crippen LogP contribution in [0.4, 0.5) is 5.69 Å². The van der Waals surface area contributed by atoms with E-state index in [1.165, 1.54) is 28.3 Å². The van der Waals surface area contributed by atoms with Crippen molar-refractivity contribution in [3.63, 3.8) is 0 Å². The highest BCUT2D eigenvalue weighted by atomic mass is 79.9. The lowest BCUT2D eigenvalue weighted by atomic mass is 10.1. The topological polar surface area (TPSA) is 90.3 Å². The van der Waals surface area contributed by atoms with Gasteiger partial charge in [0.25, 0.3) is 5.56 Å². The molecule has 0 bridgehead atoms. The maximum atomic E-state index is 13.1. The largest absolute Gasteiger partial charge is 0.462 e. The molecule has 4 aromatic rings. The molecule has 0 unspecified atom stereocenters. The third kappa shape index (κ3) is 4.63. The van der Waals surface area contributed by atoms with Crippen LogP contribution in [0.3, 0.4) is 0 Å². The predicted molar refractivity (Wildman–Crippen MR) is 128 cm³/mol. The summed E-state index contributed by atoms with van der Waals surface area (Å²) in [5.41, 5.74) is 2.17. The van der Waals surface area contributed by atoms with Crippen molar-refractivity contribution in [2.24, 2.45) is 0 Å². The summed E-state index contributed by atoms with van der Waals surface area (Å²) in [7, 11) is 0. The Hall–Kier alpha value is -3.30. The molecular formula is C23H18BrN3O4S. The summed E-state index contributed by atoms with van der Waals surface area (Å²) in [6, 6.07) is 14.1. The maximum absolute atomic E-state index is 13.1. The molecular weight excluding hydrogens is 494 g/mol. The fraction of sp³-hybridized carbons (Fsp3) is 0.130. The monoisotopic (exact) mass is 511 g/mol. The second-order valence-electron chi connectivity index (χ2n) is 6.86. The number of carbonyl (C=O) groups excluding carboxylic acids is 2. The number of hydrogen-bond acceptors (Lipinski definition) is 6. The molecule has 2 aromatic carbocycles. The summed E-state index contributed by atoms with van der Waals surface area (Å²) < 4.78 is 7.20. The smallest absolute Gasteiger partial charge is 0.338 e. The van der Waals surface area contributed by atoms with E-state index >= 15 is 0 Å². The molecule has 0 fully saturated rings. The summed E-state index contributed by atoms with van der Waals surface area (Å²) >= 11 is 4.80. The Kier molecular flexibility index (Phi) is 6.48. The highest BCUT2D eigenvalue weighted by molar-refractivity contribution is 9.10. The van der Waals surface area contributed by atoms with Crippen LogP contribution in [0.5, 0.6) is 0 Å². The minimum absolute atomic E-state index is 0.207. The lowest BCUT2D eigenvalue weighted by Gasteiger charge is -2.09. The highest BCUT2D eigenvalue weighted by Gasteiger charge is 2.15. The quantitative estimate of drug-likeness (QED) is 0.378. The first kappa shape index (κ1) is 21.9. The fourth-order valence-electron chi connectivity index (χ4n) is 3.22. The van der Waals surface area contributed by atoms with Crippen LogP contribution in [0.2, 0.25) is 0 Å². The summed E-state index contributed by atoms with van der Waals surface area (Å²) in [6.07, 6.45) is 1.38. The van der Waals surface area contributed by atoms with Gasteiger partial charge in [-0.3, -0.25) is 14.2 Å². The van der Waals surface area contributed by atoms with Gasteiger partial charge in [-0.25, -0.2) is 9.78 Å². The van der Waals surface area contributed by atoms with E-state index in [0.29, 0.717) is 21.5 Å². The van der Waals surface area contributed by atoms with Crippen LogP contribution in [0.15, 0.2) is 69.5 Å². The van der Waals surface area contributed by atoms with Gasteiger partial charge >= 0.3 is 5.97 Å². The third-order valence-electron chi connectivity index (χ3n) is 4.69. The van der Waals surface area contributed by atoms with E-state index in [0.717, 1.165) is 15.6 Å². The first-order chi connectivity index (χ1) is 15.5. The van der Waals surface area contributed by atoms with Crippen LogP contribution in [0, 0.1) is 0 Å². The van der Waals surface area contributed by atoms with Gasteiger partial charge in [0, 0.05) is 21.1 Å². The van der Waals surface area contributed by atoms with Gasteiger partial charge < -0.3 is 10.1 Å². The number of rotatable bonds is 6. The van der Waals surface area contributed by atoms with Crippen LogP contribution in [-0.4, -0.2) is 28.0 Å². The van der Waals surface area contributed by atoms with Gasteiger partial charge in [-0.1, -0.05) is 34.1 Å². The van der Waals surface area contributed by atoms with Crippen molar-refractivity contribution in [3.05, 3.63) is 80.6 Å². The first-order valence-electron chi connectivity index (χ1n) is 9.76. The van der Waals surface area contributed by atoms with E-state index in [4.69, 9.17) is 4.74 Å². The van der Waals surface area contributed by atoms with E-state index in [1.807, 2.05) is 29.6 Å². The van der Waals surface area contributed by atoms with Gasteiger partial charge in [0.05, 0.1) is 23.9 Å². The molecule has 1 N–H and O–H groups in total. The number of ether oxygens (including phenoxy) is 1. The number of esters is 1. The van der Waals surface area contributed by atoms with E-state index in [9.17, 15) is 14.4 Å². The number of nitrogens with zero attached hydrogens (tertiary/aromatic N) is 2. The summed E-state index contributed by atoms with van der Waals surface area (Å²) in [4.78, 5) is 42.6. The molecule has 0 saturated heterocycles. The molecule has 0 aliphatic carbocycles. The molecule has 0 radical (unpaired) electrons. The fourth-order valence-corrected chi connectivity index (χ4v) is 4.39. The van der Waals surface area contributed by atoms with Crippen LogP contribution < -0.4 is 10.9 Å². The van der Waals surface area contributed by atoms with Crippen molar-refractivity contribution in [2.45, 2.75) is 13.5 Å². The average molecular weight is 512 g/mol. The summed E-state index contributed by atoms with van der Waals surface area (Å²) in [5.74, 6) is -0.873. The summed E-state index contributed by atoms with van der Waals surface area (Å²) in [6.45, 7) is 1.78. The Morgan fingerprint density at radius 3 is 2.72 bits per heavy atom. The molecule has 0 saturated carbocycles. The van der Waals surface area contributed by atoms with Crippen LogP contribution in [0.25, 0.3) is 21.3 Å². The van der Waals surface area contributed by atoms with E-state index < -0.39 is 11.9 Å². The molecule has 4 rings (SSSR count). The molecule has 0 aliphatic rings. The Bertz CT molecular complexity index is 1360. The number of benzene rings is 2. The van der Waals surface area contributed by atoms with Crippen LogP contribution in [0.1, 0.15) is 17.3 Å². The normalized spacial score (nSPS) is 10.8. The second kappa shape index (κ2) is 9.46. The van der Waals surface area contributed by atoms with Crippen LogP contribution >= 0.6 is 27.3 Å². The number of hydrogen-bond donors (Lipinski definition) is 1. The van der Waals surface area contributed by atoms with Crippen molar-refractivity contribution < 1.29 is 14.3 Å². The van der Waals surface area contributed by atoms with Gasteiger partial charge in [0.2, 0.25) is 5.91 Å². The standard InChI is InChI=1S/C23H18BrN3O4S/c1-2-31-23(30)15-4-3-5-17(10-15)26-19(28)11-27-13-25-21-20(22(27)29)18(12-32-21)14-6-8-16(24)9-7-14/h3-10,12-13H,2,11H2,1H3,(H,26,28). The highest BCUT2D eigenvalue weighted by Crippen LogP contribution is 2.31. The third-order valence-corrected chi connectivity index (χ3v) is 6.10. The van der Waals surface area contributed by atoms with Crippen molar-refractivity contribution in [2.75, 3.05) is 11.9 Å². The molecule has 9 heteroatoms. The lowest BCUT2D eigenvalue weighted by Crippen LogP contribution is -2.27. The summed E-state index contributed by atoms with van der Waals surface area (Å²) in [5, 5.41) is 5.09. The predicted octanol–water partition coefficient (Wildman–Crippen LogP) is 4.70. The maximum Gasteiger partial charge on any atom is 0.338 e. The van der Waals surface area contributed by atoms with E-state index in [1.54, 1.807) is 25.1 Å². The molecule has 0 aliphatic heterocycles. The zero-order chi connectivity index (χ0) is 22.7. The van der Waals surface area contributed by atoms with Gasteiger partial charge in [-0.2, -0.15) is 0 Å².